The lowest BCUT2D eigenvalue weighted by Gasteiger charge is -2.28. The van der Waals surface area contributed by atoms with Gasteiger partial charge < -0.3 is 0 Å². The minimum Gasteiger partial charge on any atom is -0.294 e. The van der Waals surface area contributed by atoms with Crippen LogP contribution in [0.4, 0.5) is 4.39 Å². The smallest absolute Gasteiger partial charge is 0.162 e. The largest absolute Gasteiger partial charge is 0.294 e. The molecule has 0 radical (unpaired) electrons. The van der Waals surface area contributed by atoms with E-state index >= 15 is 0 Å². The van der Waals surface area contributed by atoms with Gasteiger partial charge in [-0.1, -0.05) is 18.2 Å². The minimum atomic E-state index is -0.254. The Kier molecular flexibility index (Phi) is 4.94. The van der Waals surface area contributed by atoms with Crippen LogP contribution in [0.1, 0.15) is 16.8 Å². The van der Waals surface area contributed by atoms with Crippen LogP contribution >= 0.6 is 0 Å². The van der Waals surface area contributed by atoms with Gasteiger partial charge in [-0.3, -0.25) is 9.88 Å². The second-order valence-electron chi connectivity index (χ2n) is 7.32. The van der Waals surface area contributed by atoms with Crippen LogP contribution in [0, 0.1) is 5.82 Å². The van der Waals surface area contributed by atoms with Crippen molar-refractivity contribution in [3.05, 3.63) is 90.2 Å². The van der Waals surface area contributed by atoms with Crippen molar-refractivity contribution in [1.29, 1.82) is 0 Å². The average molecular weight is 398 g/mol. The van der Waals surface area contributed by atoms with E-state index in [0.29, 0.717) is 5.82 Å². The standard InChI is InChI=1S/C23H19FN6/c24-20-3-1-2-17(8-20)21-5-4-16(9-27-21)13-30-7-6-22-19(14-30)12-28-23(29-22)18-10-25-15-26-11-18/h1-5,8-12,15H,6-7,13-14H2. The fourth-order valence-electron chi connectivity index (χ4n) is 3.66. The fourth-order valence-corrected chi connectivity index (χ4v) is 3.66. The van der Waals surface area contributed by atoms with Crippen molar-refractivity contribution in [2.75, 3.05) is 6.54 Å². The number of benzene rings is 1. The highest BCUT2D eigenvalue weighted by molar-refractivity contribution is 5.59. The number of halogens is 1. The molecule has 30 heavy (non-hydrogen) atoms. The molecule has 0 unspecified atom stereocenters. The lowest BCUT2D eigenvalue weighted by atomic mass is 10.1. The normalized spacial score (nSPS) is 13.8. The van der Waals surface area contributed by atoms with Gasteiger partial charge >= 0.3 is 0 Å². The zero-order valence-corrected chi connectivity index (χ0v) is 16.2. The topological polar surface area (TPSA) is 67.7 Å². The summed E-state index contributed by atoms with van der Waals surface area (Å²) in [4.78, 5) is 24.2. The molecule has 4 aromatic rings. The molecular weight excluding hydrogens is 379 g/mol. The molecular formula is C23H19FN6. The number of rotatable bonds is 4. The fraction of sp³-hybridized carbons (Fsp3) is 0.174. The van der Waals surface area contributed by atoms with Crippen LogP contribution in [-0.2, 0) is 19.5 Å². The first-order chi connectivity index (χ1) is 14.7. The monoisotopic (exact) mass is 398 g/mol. The quantitative estimate of drug-likeness (QED) is 0.522. The third-order valence-corrected chi connectivity index (χ3v) is 5.18. The second-order valence-corrected chi connectivity index (χ2v) is 7.32. The summed E-state index contributed by atoms with van der Waals surface area (Å²) in [5.41, 5.74) is 5.73. The zero-order chi connectivity index (χ0) is 20.3. The summed E-state index contributed by atoms with van der Waals surface area (Å²) in [5.74, 6) is 0.412. The molecule has 5 rings (SSSR count). The summed E-state index contributed by atoms with van der Waals surface area (Å²) >= 11 is 0. The Balaban J connectivity index is 1.27. The summed E-state index contributed by atoms with van der Waals surface area (Å²) in [6.45, 7) is 2.51. The van der Waals surface area contributed by atoms with Crippen LogP contribution in [0.3, 0.4) is 0 Å². The molecule has 0 atom stereocenters. The second kappa shape index (κ2) is 8.04. The van der Waals surface area contributed by atoms with Crippen molar-refractivity contribution < 1.29 is 4.39 Å². The minimum absolute atomic E-state index is 0.254. The van der Waals surface area contributed by atoms with Crippen molar-refractivity contribution in [3.63, 3.8) is 0 Å². The average Bonchev–Trinajstić information content (AvgIpc) is 2.80. The van der Waals surface area contributed by atoms with Gasteiger partial charge in [-0.2, -0.15) is 0 Å². The van der Waals surface area contributed by atoms with E-state index in [1.54, 1.807) is 18.5 Å². The summed E-state index contributed by atoms with van der Waals surface area (Å²) in [6.07, 6.45) is 9.59. The predicted molar refractivity (Wildman–Crippen MR) is 111 cm³/mol. The number of nitrogens with zero attached hydrogens (tertiary/aromatic N) is 6. The third-order valence-electron chi connectivity index (χ3n) is 5.18. The van der Waals surface area contributed by atoms with Gasteiger partial charge in [0.15, 0.2) is 5.82 Å². The molecule has 0 aliphatic carbocycles. The van der Waals surface area contributed by atoms with Crippen LogP contribution < -0.4 is 0 Å². The maximum Gasteiger partial charge on any atom is 0.162 e. The lowest BCUT2D eigenvalue weighted by Crippen LogP contribution is -2.31. The number of fused-ring (bicyclic) bond motifs is 1. The molecule has 3 aromatic heterocycles. The first-order valence-corrected chi connectivity index (χ1v) is 9.78. The number of hydrogen-bond acceptors (Lipinski definition) is 6. The van der Waals surface area contributed by atoms with E-state index in [1.807, 2.05) is 24.5 Å². The van der Waals surface area contributed by atoms with Gasteiger partial charge in [0, 0.05) is 62.0 Å². The van der Waals surface area contributed by atoms with E-state index in [-0.39, 0.29) is 5.82 Å². The van der Waals surface area contributed by atoms with Gasteiger partial charge in [-0.25, -0.2) is 24.3 Å². The van der Waals surface area contributed by atoms with Gasteiger partial charge in [0.05, 0.1) is 17.0 Å². The van der Waals surface area contributed by atoms with E-state index in [9.17, 15) is 4.39 Å². The summed E-state index contributed by atoms with van der Waals surface area (Å²) in [7, 11) is 0. The zero-order valence-electron chi connectivity index (χ0n) is 16.2. The molecule has 6 nitrogen and oxygen atoms in total. The van der Waals surface area contributed by atoms with E-state index in [1.165, 1.54) is 18.5 Å². The van der Waals surface area contributed by atoms with Crippen LogP contribution in [0.5, 0.6) is 0 Å². The molecule has 1 aliphatic rings. The highest BCUT2D eigenvalue weighted by Crippen LogP contribution is 2.22. The molecule has 0 saturated carbocycles. The van der Waals surface area contributed by atoms with Gasteiger partial charge in [-0.15, -0.1) is 0 Å². The van der Waals surface area contributed by atoms with Gasteiger partial charge in [0.2, 0.25) is 0 Å². The Hall–Kier alpha value is -3.58. The first-order valence-electron chi connectivity index (χ1n) is 9.78. The molecule has 0 fully saturated rings. The third kappa shape index (κ3) is 3.92. The van der Waals surface area contributed by atoms with E-state index in [2.05, 4.69) is 30.9 Å². The van der Waals surface area contributed by atoms with Crippen LogP contribution in [0.25, 0.3) is 22.6 Å². The summed E-state index contributed by atoms with van der Waals surface area (Å²) in [5, 5.41) is 0. The van der Waals surface area contributed by atoms with Gasteiger partial charge in [0.25, 0.3) is 0 Å². The van der Waals surface area contributed by atoms with Crippen molar-refractivity contribution >= 4 is 0 Å². The van der Waals surface area contributed by atoms with Gasteiger partial charge in [-0.05, 0) is 23.8 Å². The molecule has 4 heterocycles. The maximum atomic E-state index is 13.4. The molecule has 1 aliphatic heterocycles. The van der Waals surface area contributed by atoms with Crippen molar-refractivity contribution in [2.24, 2.45) is 0 Å². The number of aromatic nitrogens is 5. The molecule has 0 N–H and O–H groups in total. The van der Waals surface area contributed by atoms with Crippen LogP contribution in [0.2, 0.25) is 0 Å². The Labute approximate surface area is 173 Å². The molecule has 0 amide bonds. The van der Waals surface area contributed by atoms with Crippen molar-refractivity contribution in [2.45, 2.75) is 19.5 Å². The Morgan fingerprint density at radius 3 is 2.63 bits per heavy atom. The Bertz CT molecular complexity index is 1160. The highest BCUT2D eigenvalue weighted by Gasteiger charge is 2.19. The molecule has 0 bridgehead atoms. The maximum absolute atomic E-state index is 13.4. The molecule has 148 valence electrons. The molecule has 0 spiro atoms. The molecule has 7 heteroatoms. The summed E-state index contributed by atoms with van der Waals surface area (Å²) in [6, 6.07) is 10.5. The molecule has 1 aromatic carbocycles. The SMILES string of the molecule is Fc1cccc(-c2ccc(CN3CCc4nc(-c5cncnc5)ncc4C3)cn2)c1. The summed E-state index contributed by atoms with van der Waals surface area (Å²) < 4.78 is 13.4. The number of hydrogen-bond donors (Lipinski definition) is 0. The highest BCUT2D eigenvalue weighted by atomic mass is 19.1. The Morgan fingerprint density at radius 1 is 0.933 bits per heavy atom. The van der Waals surface area contributed by atoms with E-state index in [0.717, 1.165) is 59.7 Å². The van der Waals surface area contributed by atoms with Crippen LogP contribution in [-0.4, -0.2) is 36.4 Å². The van der Waals surface area contributed by atoms with Crippen molar-refractivity contribution in [3.8, 4) is 22.6 Å². The van der Waals surface area contributed by atoms with E-state index in [4.69, 9.17) is 4.98 Å². The Morgan fingerprint density at radius 2 is 1.83 bits per heavy atom. The lowest BCUT2D eigenvalue weighted by molar-refractivity contribution is 0.242. The van der Waals surface area contributed by atoms with Crippen LogP contribution in [0.15, 0.2) is 67.5 Å². The molecule has 0 saturated heterocycles. The first kappa shape index (κ1) is 18.4. The predicted octanol–water partition coefficient (Wildman–Crippen LogP) is 3.69. The van der Waals surface area contributed by atoms with Crippen molar-refractivity contribution in [1.82, 2.24) is 29.8 Å². The van der Waals surface area contributed by atoms with E-state index < -0.39 is 0 Å². The number of pyridine rings is 1. The van der Waals surface area contributed by atoms with Gasteiger partial charge in [0.1, 0.15) is 12.1 Å².